The van der Waals surface area contributed by atoms with Crippen LogP contribution in [0.25, 0.3) is 6.08 Å². The Hall–Kier alpha value is -2.99. The summed E-state index contributed by atoms with van der Waals surface area (Å²) in [6, 6.07) is 13.6. The summed E-state index contributed by atoms with van der Waals surface area (Å²) >= 11 is 0. The number of hydrogen-bond donors (Lipinski definition) is 1. The second kappa shape index (κ2) is 9.64. The molecule has 0 bridgehead atoms. The second-order valence-corrected chi connectivity index (χ2v) is 6.48. The third-order valence-electron chi connectivity index (χ3n) is 4.49. The third-order valence-corrected chi connectivity index (χ3v) is 4.49. The summed E-state index contributed by atoms with van der Waals surface area (Å²) in [4.78, 5) is 32.3. The zero-order chi connectivity index (χ0) is 18.9. The van der Waals surface area contributed by atoms with Gasteiger partial charge in [-0.3, -0.25) is 19.5 Å². The predicted octanol–water partition coefficient (Wildman–Crippen LogP) is 1.56. The number of nitrogens with one attached hydrogen (secondary N) is 1. The summed E-state index contributed by atoms with van der Waals surface area (Å²) in [6.07, 6.45) is 6.78. The van der Waals surface area contributed by atoms with Crippen LogP contribution < -0.4 is 5.32 Å². The molecule has 0 saturated carbocycles. The van der Waals surface area contributed by atoms with E-state index in [1.165, 1.54) is 0 Å². The van der Waals surface area contributed by atoms with Crippen LogP contribution in [0.5, 0.6) is 0 Å². The van der Waals surface area contributed by atoms with Gasteiger partial charge >= 0.3 is 0 Å². The van der Waals surface area contributed by atoms with Crippen molar-refractivity contribution in [3.63, 3.8) is 0 Å². The molecule has 0 radical (unpaired) electrons. The Morgan fingerprint density at radius 2 is 1.81 bits per heavy atom. The van der Waals surface area contributed by atoms with Crippen LogP contribution in [-0.4, -0.2) is 59.3 Å². The highest BCUT2D eigenvalue weighted by Crippen LogP contribution is 2.05. The fraction of sp³-hybridized carbons (Fsp3) is 0.286. The first kappa shape index (κ1) is 18.8. The van der Waals surface area contributed by atoms with E-state index < -0.39 is 0 Å². The summed E-state index contributed by atoms with van der Waals surface area (Å²) in [5, 5.41) is 2.94. The number of hydrogen-bond acceptors (Lipinski definition) is 4. The molecule has 1 saturated heterocycles. The van der Waals surface area contributed by atoms with Crippen LogP contribution in [0.2, 0.25) is 0 Å². The molecule has 6 nitrogen and oxygen atoms in total. The van der Waals surface area contributed by atoms with Gasteiger partial charge in [-0.1, -0.05) is 36.4 Å². The maximum absolute atomic E-state index is 12.3. The van der Waals surface area contributed by atoms with E-state index in [0.29, 0.717) is 39.3 Å². The van der Waals surface area contributed by atoms with E-state index in [1.807, 2.05) is 47.4 Å². The normalized spacial score (nSPS) is 15.0. The lowest BCUT2D eigenvalue weighted by Gasteiger charge is -2.33. The van der Waals surface area contributed by atoms with E-state index in [-0.39, 0.29) is 11.8 Å². The number of rotatable bonds is 6. The molecule has 0 spiro atoms. The Balaban J connectivity index is 1.38. The number of amides is 2. The van der Waals surface area contributed by atoms with Gasteiger partial charge in [-0.2, -0.15) is 0 Å². The number of carbonyl (C=O) groups excluding carboxylic acids is 2. The third kappa shape index (κ3) is 6.04. The van der Waals surface area contributed by atoms with Crippen LogP contribution in [-0.2, 0) is 16.1 Å². The van der Waals surface area contributed by atoms with Gasteiger partial charge in [0.15, 0.2) is 0 Å². The summed E-state index contributed by atoms with van der Waals surface area (Å²) < 4.78 is 0. The van der Waals surface area contributed by atoms with Crippen molar-refractivity contribution < 1.29 is 9.59 Å². The molecule has 140 valence electrons. The largest absolute Gasteiger partial charge is 0.351 e. The van der Waals surface area contributed by atoms with Crippen molar-refractivity contribution in [3.05, 3.63) is 72.1 Å². The molecule has 2 heterocycles. The van der Waals surface area contributed by atoms with Crippen LogP contribution in [0.15, 0.2) is 60.9 Å². The number of carbonyl (C=O) groups is 2. The van der Waals surface area contributed by atoms with Crippen LogP contribution in [0, 0.1) is 0 Å². The summed E-state index contributed by atoms with van der Waals surface area (Å²) in [6.45, 7) is 3.55. The van der Waals surface area contributed by atoms with E-state index in [2.05, 4.69) is 15.2 Å². The van der Waals surface area contributed by atoms with E-state index in [4.69, 9.17) is 0 Å². The molecule has 2 aromatic rings. The monoisotopic (exact) mass is 364 g/mol. The van der Waals surface area contributed by atoms with E-state index >= 15 is 0 Å². The lowest BCUT2D eigenvalue weighted by molar-refractivity contribution is -0.128. The molecule has 6 heteroatoms. The Kier molecular flexibility index (Phi) is 6.71. The van der Waals surface area contributed by atoms with Crippen molar-refractivity contribution in [2.75, 3.05) is 32.7 Å². The molecule has 0 unspecified atom stereocenters. The van der Waals surface area contributed by atoms with Crippen molar-refractivity contribution in [3.8, 4) is 0 Å². The van der Waals surface area contributed by atoms with Gasteiger partial charge in [0, 0.05) is 51.2 Å². The van der Waals surface area contributed by atoms with Gasteiger partial charge in [-0.05, 0) is 23.3 Å². The highest BCUT2D eigenvalue weighted by Gasteiger charge is 2.21. The van der Waals surface area contributed by atoms with Gasteiger partial charge in [0.1, 0.15) is 0 Å². The van der Waals surface area contributed by atoms with E-state index in [1.54, 1.807) is 24.5 Å². The second-order valence-electron chi connectivity index (χ2n) is 6.48. The number of nitrogens with zero attached hydrogens (tertiary/aromatic N) is 3. The Bertz CT molecular complexity index is 769. The van der Waals surface area contributed by atoms with Gasteiger partial charge in [0.2, 0.25) is 11.8 Å². The average Bonchev–Trinajstić information content (AvgIpc) is 2.72. The van der Waals surface area contributed by atoms with Crippen LogP contribution in [0.1, 0.15) is 11.1 Å². The number of aromatic nitrogens is 1. The topological polar surface area (TPSA) is 65.5 Å². The minimum atomic E-state index is -0.00738. The lowest BCUT2D eigenvalue weighted by atomic mass is 10.2. The molecule has 27 heavy (non-hydrogen) atoms. The van der Waals surface area contributed by atoms with Crippen molar-refractivity contribution in [1.29, 1.82) is 0 Å². The minimum Gasteiger partial charge on any atom is -0.351 e. The minimum absolute atomic E-state index is 0.00738. The SMILES string of the molecule is O=C(CN1CCN(C(=O)/C=C/c2cccnc2)CC1)NCc1ccccc1. The standard InChI is InChI=1S/C21H24N4O2/c26-20(23-16-18-5-2-1-3-6-18)17-24-11-13-25(14-12-24)21(27)9-8-19-7-4-10-22-15-19/h1-10,15H,11-14,16-17H2,(H,23,26)/b9-8+. The summed E-state index contributed by atoms with van der Waals surface area (Å²) in [5.41, 5.74) is 1.99. The first-order valence-electron chi connectivity index (χ1n) is 9.11. The fourth-order valence-electron chi connectivity index (χ4n) is 2.93. The van der Waals surface area contributed by atoms with Gasteiger partial charge in [0.05, 0.1) is 6.54 Å². The van der Waals surface area contributed by atoms with E-state index in [0.717, 1.165) is 11.1 Å². The van der Waals surface area contributed by atoms with Crippen molar-refractivity contribution in [1.82, 2.24) is 20.1 Å². The predicted molar refractivity (Wildman–Crippen MR) is 105 cm³/mol. The van der Waals surface area contributed by atoms with Gasteiger partial charge < -0.3 is 10.2 Å². The first-order chi connectivity index (χ1) is 13.2. The van der Waals surface area contributed by atoms with Crippen LogP contribution in [0.4, 0.5) is 0 Å². The lowest BCUT2D eigenvalue weighted by Crippen LogP contribution is -2.50. The molecular formula is C21H24N4O2. The van der Waals surface area contributed by atoms with Crippen molar-refractivity contribution >= 4 is 17.9 Å². The molecule has 1 aromatic heterocycles. The van der Waals surface area contributed by atoms with Gasteiger partial charge in [-0.25, -0.2) is 0 Å². The molecule has 2 amide bonds. The van der Waals surface area contributed by atoms with Crippen LogP contribution >= 0.6 is 0 Å². The smallest absolute Gasteiger partial charge is 0.246 e. The Morgan fingerprint density at radius 3 is 2.52 bits per heavy atom. The van der Waals surface area contributed by atoms with Crippen LogP contribution in [0.3, 0.4) is 0 Å². The quantitative estimate of drug-likeness (QED) is 0.790. The summed E-state index contributed by atoms with van der Waals surface area (Å²) in [7, 11) is 0. The summed E-state index contributed by atoms with van der Waals surface area (Å²) in [5.74, 6) is 0.00198. The maximum Gasteiger partial charge on any atom is 0.246 e. The molecule has 0 atom stereocenters. The van der Waals surface area contributed by atoms with Crippen molar-refractivity contribution in [2.24, 2.45) is 0 Å². The number of benzene rings is 1. The average molecular weight is 364 g/mol. The molecule has 1 aromatic carbocycles. The molecule has 3 rings (SSSR count). The Labute approximate surface area is 159 Å². The number of piperazine rings is 1. The highest BCUT2D eigenvalue weighted by atomic mass is 16.2. The van der Waals surface area contributed by atoms with Crippen molar-refractivity contribution in [2.45, 2.75) is 6.54 Å². The Morgan fingerprint density at radius 1 is 1.04 bits per heavy atom. The molecule has 1 fully saturated rings. The molecule has 1 N–H and O–H groups in total. The molecular weight excluding hydrogens is 340 g/mol. The van der Waals surface area contributed by atoms with E-state index in [9.17, 15) is 9.59 Å². The highest BCUT2D eigenvalue weighted by molar-refractivity contribution is 5.91. The maximum atomic E-state index is 12.3. The van der Waals surface area contributed by atoms with Gasteiger partial charge in [-0.15, -0.1) is 0 Å². The molecule has 0 aliphatic carbocycles. The number of pyridine rings is 1. The van der Waals surface area contributed by atoms with Gasteiger partial charge in [0.25, 0.3) is 0 Å². The zero-order valence-corrected chi connectivity index (χ0v) is 15.3. The first-order valence-corrected chi connectivity index (χ1v) is 9.11. The molecule has 1 aliphatic rings. The fourth-order valence-corrected chi connectivity index (χ4v) is 2.93. The molecule has 1 aliphatic heterocycles. The zero-order valence-electron chi connectivity index (χ0n) is 15.3.